The normalized spacial score (nSPS) is 10.9. The fourth-order valence-corrected chi connectivity index (χ4v) is 2.36. The number of allylic oxidation sites excluding steroid dienone is 2. The third-order valence-electron chi connectivity index (χ3n) is 3.14. The highest BCUT2D eigenvalue weighted by atomic mass is 32.1. The highest BCUT2D eigenvalue weighted by molar-refractivity contribution is 7.90. The van der Waals surface area contributed by atoms with Crippen molar-refractivity contribution in [1.82, 2.24) is 0 Å². The topological polar surface area (TPSA) is 23.8 Å². The van der Waals surface area contributed by atoms with E-state index in [1.807, 2.05) is 30.3 Å². The summed E-state index contributed by atoms with van der Waals surface area (Å²) in [5.41, 5.74) is 5.13. The average Bonchev–Trinajstić information content (AvgIpc) is 2.48. The van der Waals surface area contributed by atoms with E-state index in [2.05, 4.69) is 50.4 Å². The van der Waals surface area contributed by atoms with E-state index in [0.717, 1.165) is 21.6 Å². The highest BCUT2D eigenvalue weighted by Crippen LogP contribution is 2.28. The van der Waals surface area contributed by atoms with E-state index >= 15 is 0 Å². The molecule has 2 heteroatoms. The minimum atomic E-state index is 0.669. The lowest BCUT2D eigenvalue weighted by Crippen LogP contribution is -1.87. The molecule has 98 valence electrons. The molecule has 0 saturated carbocycles. The van der Waals surface area contributed by atoms with E-state index in [1.165, 1.54) is 5.56 Å². The lowest BCUT2D eigenvalue weighted by Gasteiger charge is -2.09. The number of rotatable bonds is 3. The first kappa shape index (κ1) is 14.2. The van der Waals surface area contributed by atoms with Gasteiger partial charge in [-0.05, 0) is 53.5 Å². The van der Waals surface area contributed by atoms with Gasteiger partial charge in [0.05, 0.1) is 11.6 Å². The molecule has 0 unspecified atom stereocenters. The summed E-state index contributed by atoms with van der Waals surface area (Å²) in [6.45, 7) is 5.76. The summed E-state index contributed by atoms with van der Waals surface area (Å²) in [6.07, 6.45) is 3.62. The molecule has 0 heterocycles. The van der Waals surface area contributed by atoms with Gasteiger partial charge in [-0.2, -0.15) is 5.26 Å². The molecule has 2 aromatic carbocycles. The minimum Gasteiger partial charge on any atom is -0.192 e. The Morgan fingerprint density at radius 2 is 1.80 bits per heavy atom. The SMILES string of the molecule is C=C/C=C(/S)c1cc(-c2ccc(C#N)cc2)ccc1C. The Morgan fingerprint density at radius 1 is 1.15 bits per heavy atom. The molecule has 0 atom stereocenters. The molecule has 0 aliphatic rings. The summed E-state index contributed by atoms with van der Waals surface area (Å²) in [7, 11) is 0. The molecule has 0 aliphatic heterocycles. The molecule has 0 radical (unpaired) electrons. The largest absolute Gasteiger partial charge is 0.192 e. The molecule has 0 N–H and O–H groups in total. The Morgan fingerprint density at radius 3 is 2.40 bits per heavy atom. The van der Waals surface area contributed by atoms with Crippen molar-refractivity contribution in [3.8, 4) is 17.2 Å². The summed E-state index contributed by atoms with van der Waals surface area (Å²) < 4.78 is 0. The predicted molar refractivity (Wildman–Crippen MR) is 88.5 cm³/mol. The number of benzene rings is 2. The Bertz CT molecular complexity index is 703. The number of hydrogen-bond donors (Lipinski definition) is 1. The van der Waals surface area contributed by atoms with Gasteiger partial charge in [0.2, 0.25) is 0 Å². The van der Waals surface area contributed by atoms with Crippen LogP contribution >= 0.6 is 12.6 Å². The van der Waals surface area contributed by atoms with Gasteiger partial charge in [0.1, 0.15) is 0 Å². The van der Waals surface area contributed by atoms with E-state index < -0.39 is 0 Å². The number of thiol groups is 1. The molecule has 0 fully saturated rings. The summed E-state index contributed by atoms with van der Waals surface area (Å²) in [4.78, 5) is 0.896. The van der Waals surface area contributed by atoms with Gasteiger partial charge in [0, 0.05) is 4.91 Å². The zero-order valence-electron chi connectivity index (χ0n) is 11.3. The number of nitrogens with zero attached hydrogens (tertiary/aromatic N) is 1. The van der Waals surface area contributed by atoms with Crippen LogP contribution in [0.15, 0.2) is 61.2 Å². The number of nitriles is 1. The van der Waals surface area contributed by atoms with Crippen molar-refractivity contribution in [1.29, 1.82) is 5.26 Å². The third kappa shape index (κ3) is 3.01. The fraction of sp³-hybridized carbons (Fsp3) is 0.0556. The van der Waals surface area contributed by atoms with Crippen LogP contribution in [0, 0.1) is 18.3 Å². The second kappa shape index (κ2) is 6.27. The van der Waals surface area contributed by atoms with Crippen molar-refractivity contribution >= 4 is 17.5 Å². The van der Waals surface area contributed by atoms with E-state index in [0.29, 0.717) is 5.56 Å². The van der Waals surface area contributed by atoms with Crippen LogP contribution in [0.1, 0.15) is 16.7 Å². The average molecular weight is 277 g/mol. The first-order valence-corrected chi connectivity index (χ1v) is 6.73. The molecule has 0 amide bonds. The lowest BCUT2D eigenvalue weighted by atomic mass is 9.98. The fourth-order valence-electron chi connectivity index (χ4n) is 2.02. The molecule has 0 saturated heterocycles. The summed E-state index contributed by atoms with van der Waals surface area (Å²) >= 11 is 4.51. The third-order valence-corrected chi connectivity index (χ3v) is 3.53. The van der Waals surface area contributed by atoms with Crippen LogP contribution in [0.4, 0.5) is 0 Å². The molecule has 2 rings (SSSR count). The monoisotopic (exact) mass is 277 g/mol. The molecule has 0 aromatic heterocycles. The number of aryl methyl sites for hydroxylation is 1. The molecular weight excluding hydrogens is 262 g/mol. The molecule has 2 aromatic rings. The quantitative estimate of drug-likeness (QED) is 0.620. The Labute approximate surface area is 125 Å². The van der Waals surface area contributed by atoms with Gasteiger partial charge in [-0.3, -0.25) is 0 Å². The van der Waals surface area contributed by atoms with E-state index in [9.17, 15) is 0 Å². The smallest absolute Gasteiger partial charge is 0.0991 e. The van der Waals surface area contributed by atoms with Crippen molar-refractivity contribution in [2.45, 2.75) is 6.92 Å². The molecule has 0 bridgehead atoms. The maximum absolute atomic E-state index is 8.83. The van der Waals surface area contributed by atoms with Crippen LogP contribution in [0.5, 0.6) is 0 Å². The maximum Gasteiger partial charge on any atom is 0.0991 e. The van der Waals surface area contributed by atoms with Crippen LogP contribution in [-0.2, 0) is 0 Å². The molecule has 0 aliphatic carbocycles. The van der Waals surface area contributed by atoms with Crippen LogP contribution in [0.25, 0.3) is 16.0 Å². The molecule has 1 nitrogen and oxygen atoms in total. The van der Waals surface area contributed by atoms with E-state index in [1.54, 1.807) is 6.08 Å². The molecule has 0 spiro atoms. The van der Waals surface area contributed by atoms with Crippen LogP contribution in [-0.4, -0.2) is 0 Å². The zero-order valence-corrected chi connectivity index (χ0v) is 12.2. The van der Waals surface area contributed by atoms with Crippen LogP contribution < -0.4 is 0 Å². The van der Waals surface area contributed by atoms with Gasteiger partial charge >= 0.3 is 0 Å². The van der Waals surface area contributed by atoms with Gasteiger partial charge in [0.25, 0.3) is 0 Å². The van der Waals surface area contributed by atoms with Crippen molar-refractivity contribution < 1.29 is 0 Å². The van der Waals surface area contributed by atoms with Crippen molar-refractivity contribution in [3.63, 3.8) is 0 Å². The van der Waals surface area contributed by atoms with Gasteiger partial charge in [-0.1, -0.05) is 36.9 Å². The van der Waals surface area contributed by atoms with Crippen molar-refractivity contribution in [2.75, 3.05) is 0 Å². The lowest BCUT2D eigenvalue weighted by molar-refractivity contribution is 1.43. The second-order valence-electron chi connectivity index (χ2n) is 4.51. The van der Waals surface area contributed by atoms with E-state index in [-0.39, 0.29) is 0 Å². The highest BCUT2D eigenvalue weighted by Gasteiger charge is 2.05. The second-order valence-corrected chi connectivity index (χ2v) is 4.99. The van der Waals surface area contributed by atoms with Gasteiger partial charge < -0.3 is 0 Å². The summed E-state index contributed by atoms with van der Waals surface area (Å²) in [6, 6.07) is 16.0. The van der Waals surface area contributed by atoms with Gasteiger partial charge in [-0.25, -0.2) is 0 Å². The predicted octanol–water partition coefficient (Wildman–Crippen LogP) is 4.99. The maximum atomic E-state index is 8.83. The standard InChI is InChI=1S/C18H15NS/c1-3-4-18(20)17-11-16(8-5-13(17)2)15-9-6-14(12-19)7-10-15/h3-11,20H,1H2,2H3/b18-4+. The molecular formula is C18H15NS. The zero-order chi connectivity index (χ0) is 14.5. The van der Waals surface area contributed by atoms with Crippen LogP contribution in [0.3, 0.4) is 0 Å². The summed E-state index contributed by atoms with van der Waals surface area (Å²) in [5.74, 6) is 0. The summed E-state index contributed by atoms with van der Waals surface area (Å²) in [5, 5.41) is 8.83. The van der Waals surface area contributed by atoms with Crippen molar-refractivity contribution in [3.05, 3.63) is 77.9 Å². The Kier molecular flexibility index (Phi) is 4.45. The first-order chi connectivity index (χ1) is 9.65. The minimum absolute atomic E-state index is 0.669. The Hall–Kier alpha value is -2.24. The van der Waals surface area contributed by atoms with Gasteiger partial charge in [0.15, 0.2) is 0 Å². The van der Waals surface area contributed by atoms with Gasteiger partial charge in [-0.15, -0.1) is 12.6 Å². The molecule has 20 heavy (non-hydrogen) atoms. The van der Waals surface area contributed by atoms with E-state index in [4.69, 9.17) is 5.26 Å². The first-order valence-electron chi connectivity index (χ1n) is 6.29. The van der Waals surface area contributed by atoms with Crippen molar-refractivity contribution in [2.24, 2.45) is 0 Å². The Balaban J connectivity index is 2.48. The van der Waals surface area contributed by atoms with Crippen LogP contribution in [0.2, 0.25) is 0 Å². The number of hydrogen-bond acceptors (Lipinski definition) is 2.